The largest absolute Gasteiger partial charge is 0.369 e. The number of para-hydroxylation sites is 1. The smallest absolute Gasteiger partial charge is 0.246 e. The maximum absolute atomic E-state index is 12.7. The summed E-state index contributed by atoms with van der Waals surface area (Å²) >= 11 is 0. The molecule has 2 heterocycles. The summed E-state index contributed by atoms with van der Waals surface area (Å²) in [6.07, 6.45) is 3.06. The predicted octanol–water partition coefficient (Wildman–Crippen LogP) is 1.97. The van der Waals surface area contributed by atoms with Gasteiger partial charge in [-0.25, -0.2) is 8.42 Å². The summed E-state index contributed by atoms with van der Waals surface area (Å²) in [5.41, 5.74) is 1.14. The van der Waals surface area contributed by atoms with Gasteiger partial charge >= 0.3 is 0 Å². The Morgan fingerprint density at radius 3 is 2.26 bits per heavy atom. The SMILES string of the molecule is CC(C)n1cc(S(=O)(=O)N2CCN(c3ccccc3)CC2)cn1. The van der Waals surface area contributed by atoms with E-state index in [-0.39, 0.29) is 10.9 Å². The van der Waals surface area contributed by atoms with Gasteiger partial charge in [0.1, 0.15) is 4.90 Å². The standard InChI is InChI=1S/C16H22N4O2S/c1-14(2)20-13-16(12-17-20)23(21,22)19-10-8-18(9-11-19)15-6-4-3-5-7-15/h3-7,12-14H,8-11H2,1-2H3. The van der Waals surface area contributed by atoms with Crippen LogP contribution in [0.4, 0.5) is 5.69 Å². The Morgan fingerprint density at radius 2 is 1.70 bits per heavy atom. The average Bonchev–Trinajstić information content (AvgIpc) is 3.07. The van der Waals surface area contributed by atoms with Crippen molar-refractivity contribution in [2.24, 2.45) is 0 Å². The fraction of sp³-hybridized carbons (Fsp3) is 0.438. The molecule has 3 rings (SSSR count). The number of hydrogen-bond donors (Lipinski definition) is 0. The maximum Gasteiger partial charge on any atom is 0.246 e. The van der Waals surface area contributed by atoms with Crippen molar-refractivity contribution in [1.82, 2.24) is 14.1 Å². The van der Waals surface area contributed by atoms with Crippen LogP contribution in [0.3, 0.4) is 0 Å². The maximum atomic E-state index is 12.7. The average molecular weight is 334 g/mol. The molecule has 0 N–H and O–H groups in total. The molecule has 0 atom stereocenters. The van der Waals surface area contributed by atoms with E-state index in [0.29, 0.717) is 26.2 Å². The van der Waals surface area contributed by atoms with Crippen LogP contribution in [0.5, 0.6) is 0 Å². The van der Waals surface area contributed by atoms with Gasteiger partial charge in [0.2, 0.25) is 10.0 Å². The zero-order chi connectivity index (χ0) is 16.4. The Kier molecular flexibility index (Phi) is 4.41. The topological polar surface area (TPSA) is 58.4 Å². The molecule has 1 saturated heterocycles. The Hall–Kier alpha value is -1.86. The lowest BCUT2D eigenvalue weighted by Gasteiger charge is -2.35. The number of rotatable bonds is 4. The minimum Gasteiger partial charge on any atom is -0.369 e. The molecule has 124 valence electrons. The third-order valence-corrected chi connectivity index (χ3v) is 5.96. The first-order chi connectivity index (χ1) is 11.0. The van der Waals surface area contributed by atoms with E-state index in [1.54, 1.807) is 15.2 Å². The van der Waals surface area contributed by atoms with Gasteiger partial charge in [-0.05, 0) is 26.0 Å². The monoisotopic (exact) mass is 334 g/mol. The molecule has 2 aromatic rings. The van der Waals surface area contributed by atoms with Crippen LogP contribution in [0, 0.1) is 0 Å². The number of benzene rings is 1. The lowest BCUT2D eigenvalue weighted by atomic mass is 10.2. The normalized spacial score (nSPS) is 16.9. The summed E-state index contributed by atoms with van der Waals surface area (Å²) in [6, 6.07) is 10.2. The van der Waals surface area contributed by atoms with Gasteiger partial charge in [0, 0.05) is 44.1 Å². The molecule has 0 bridgehead atoms. The molecule has 0 saturated carbocycles. The van der Waals surface area contributed by atoms with Crippen molar-refractivity contribution in [3.05, 3.63) is 42.7 Å². The van der Waals surface area contributed by atoms with Crippen LogP contribution in [0.25, 0.3) is 0 Å². The van der Waals surface area contributed by atoms with Crippen molar-refractivity contribution in [2.45, 2.75) is 24.8 Å². The second-order valence-electron chi connectivity index (χ2n) is 5.98. The van der Waals surface area contributed by atoms with Crippen LogP contribution >= 0.6 is 0 Å². The van der Waals surface area contributed by atoms with Gasteiger partial charge in [-0.15, -0.1) is 0 Å². The fourth-order valence-electron chi connectivity index (χ4n) is 2.71. The molecule has 1 aliphatic heterocycles. The summed E-state index contributed by atoms with van der Waals surface area (Å²) in [5.74, 6) is 0. The van der Waals surface area contributed by atoms with Crippen LogP contribution in [0.1, 0.15) is 19.9 Å². The molecule has 1 fully saturated rings. The number of anilines is 1. The Labute approximate surface area is 137 Å². The summed E-state index contributed by atoms with van der Waals surface area (Å²) in [4.78, 5) is 2.49. The molecule has 1 aliphatic rings. The van der Waals surface area contributed by atoms with Crippen LogP contribution in [-0.2, 0) is 10.0 Å². The first-order valence-electron chi connectivity index (χ1n) is 7.83. The molecule has 0 aliphatic carbocycles. The fourth-order valence-corrected chi connectivity index (χ4v) is 4.07. The van der Waals surface area contributed by atoms with Crippen molar-refractivity contribution in [3.8, 4) is 0 Å². The molecule has 7 heteroatoms. The van der Waals surface area contributed by atoms with Crippen LogP contribution in [0.15, 0.2) is 47.6 Å². The number of sulfonamides is 1. The predicted molar refractivity (Wildman–Crippen MR) is 90.0 cm³/mol. The highest BCUT2D eigenvalue weighted by Gasteiger charge is 2.29. The molecular formula is C16H22N4O2S. The summed E-state index contributed by atoms with van der Waals surface area (Å²) < 4.78 is 28.7. The quantitative estimate of drug-likeness (QED) is 0.858. The highest BCUT2D eigenvalue weighted by Crippen LogP contribution is 2.21. The highest BCUT2D eigenvalue weighted by atomic mass is 32.2. The van der Waals surface area contributed by atoms with Gasteiger partial charge in [0.05, 0.1) is 6.20 Å². The number of hydrogen-bond acceptors (Lipinski definition) is 4. The summed E-state index contributed by atoms with van der Waals surface area (Å²) in [5, 5.41) is 4.14. The number of nitrogens with zero attached hydrogens (tertiary/aromatic N) is 4. The molecule has 1 aromatic heterocycles. The molecular weight excluding hydrogens is 312 g/mol. The minimum atomic E-state index is -3.46. The highest BCUT2D eigenvalue weighted by molar-refractivity contribution is 7.89. The van der Waals surface area contributed by atoms with Gasteiger partial charge < -0.3 is 4.90 Å². The van der Waals surface area contributed by atoms with Crippen molar-refractivity contribution in [1.29, 1.82) is 0 Å². The van der Waals surface area contributed by atoms with Crippen LogP contribution in [-0.4, -0.2) is 48.7 Å². The first kappa shape index (κ1) is 16.0. The van der Waals surface area contributed by atoms with Crippen LogP contribution < -0.4 is 4.90 Å². The lowest BCUT2D eigenvalue weighted by molar-refractivity contribution is 0.385. The van der Waals surface area contributed by atoms with E-state index in [0.717, 1.165) is 5.69 Å². The summed E-state index contributed by atoms with van der Waals surface area (Å²) in [7, 11) is -3.46. The zero-order valence-corrected chi connectivity index (χ0v) is 14.3. The van der Waals surface area contributed by atoms with E-state index in [2.05, 4.69) is 22.1 Å². The Bertz CT molecular complexity index is 747. The van der Waals surface area contributed by atoms with Crippen molar-refractivity contribution < 1.29 is 8.42 Å². The van der Waals surface area contributed by atoms with E-state index in [1.807, 2.05) is 32.0 Å². The molecule has 6 nitrogen and oxygen atoms in total. The minimum absolute atomic E-state index is 0.147. The number of aromatic nitrogens is 2. The second kappa shape index (κ2) is 6.33. The van der Waals surface area contributed by atoms with E-state index in [4.69, 9.17) is 0 Å². The third kappa shape index (κ3) is 3.25. The molecule has 0 spiro atoms. The first-order valence-corrected chi connectivity index (χ1v) is 9.27. The molecule has 23 heavy (non-hydrogen) atoms. The van der Waals surface area contributed by atoms with Gasteiger partial charge in [-0.3, -0.25) is 4.68 Å². The van der Waals surface area contributed by atoms with E-state index in [9.17, 15) is 8.42 Å². The van der Waals surface area contributed by atoms with E-state index in [1.165, 1.54) is 6.20 Å². The van der Waals surface area contributed by atoms with Gasteiger partial charge in [-0.2, -0.15) is 9.40 Å². The third-order valence-electron chi connectivity index (χ3n) is 4.10. The zero-order valence-electron chi connectivity index (χ0n) is 13.5. The van der Waals surface area contributed by atoms with Gasteiger partial charge in [0.25, 0.3) is 0 Å². The molecule has 1 aromatic carbocycles. The number of piperazine rings is 1. The van der Waals surface area contributed by atoms with E-state index >= 15 is 0 Å². The van der Waals surface area contributed by atoms with Crippen molar-refractivity contribution in [2.75, 3.05) is 31.1 Å². The van der Waals surface area contributed by atoms with Crippen molar-refractivity contribution in [3.63, 3.8) is 0 Å². The van der Waals surface area contributed by atoms with Gasteiger partial charge in [0.15, 0.2) is 0 Å². The second-order valence-corrected chi connectivity index (χ2v) is 7.91. The Balaban J connectivity index is 1.71. The van der Waals surface area contributed by atoms with Gasteiger partial charge in [-0.1, -0.05) is 18.2 Å². The summed E-state index contributed by atoms with van der Waals surface area (Å²) in [6.45, 7) is 6.32. The molecule has 0 amide bonds. The lowest BCUT2D eigenvalue weighted by Crippen LogP contribution is -2.48. The van der Waals surface area contributed by atoms with Crippen LogP contribution in [0.2, 0.25) is 0 Å². The molecule has 0 radical (unpaired) electrons. The van der Waals surface area contributed by atoms with Crippen molar-refractivity contribution >= 4 is 15.7 Å². The van der Waals surface area contributed by atoms with E-state index < -0.39 is 10.0 Å². The molecule has 0 unspecified atom stereocenters. The Morgan fingerprint density at radius 1 is 1.04 bits per heavy atom.